The minimum Gasteiger partial charge on any atom is -0.362 e. The van der Waals surface area contributed by atoms with Crippen LogP contribution < -0.4 is 5.01 Å². The van der Waals surface area contributed by atoms with E-state index in [0.29, 0.717) is 5.57 Å². The van der Waals surface area contributed by atoms with Crippen molar-refractivity contribution in [3.8, 4) is 0 Å². The van der Waals surface area contributed by atoms with E-state index in [9.17, 15) is 4.79 Å². The molecule has 0 N–H and O–H groups in total. The Balaban J connectivity index is 1.86. The molecule has 25 heavy (non-hydrogen) atoms. The van der Waals surface area contributed by atoms with E-state index >= 15 is 0 Å². The molecule has 0 saturated carbocycles. The highest BCUT2D eigenvalue weighted by molar-refractivity contribution is 9.10. The molecule has 4 rings (SSSR count). The monoisotopic (exact) mass is 413 g/mol. The van der Waals surface area contributed by atoms with Gasteiger partial charge in [0, 0.05) is 23.1 Å². The molecule has 0 radical (unpaired) electrons. The van der Waals surface area contributed by atoms with Gasteiger partial charge in [0.25, 0.3) is 5.91 Å². The predicted molar refractivity (Wildman–Crippen MR) is 107 cm³/mol. The molecule has 6 heteroatoms. The van der Waals surface area contributed by atoms with Crippen LogP contribution in [-0.4, -0.2) is 35.9 Å². The maximum atomic E-state index is 13.2. The van der Waals surface area contributed by atoms with Crippen molar-refractivity contribution < 1.29 is 4.79 Å². The smallest absolute Gasteiger partial charge is 0.283 e. The average molecular weight is 414 g/mol. The summed E-state index contributed by atoms with van der Waals surface area (Å²) in [5, 5.41) is 7.20. The topological polar surface area (TPSA) is 35.7 Å². The predicted octanol–water partition coefficient (Wildman–Crippen LogP) is 4.09. The maximum absolute atomic E-state index is 13.2. The fourth-order valence-corrected chi connectivity index (χ4v) is 3.88. The van der Waals surface area contributed by atoms with Crippen LogP contribution in [0.4, 0.5) is 5.69 Å². The molecule has 2 heterocycles. The summed E-state index contributed by atoms with van der Waals surface area (Å²) in [6, 6.07) is 17.5. The number of hydrogen-bond donors (Lipinski definition) is 0. The number of halogens is 1. The molecule has 2 aliphatic rings. The molecule has 2 aromatic carbocycles. The number of thioether (sulfide) groups is 1. The molecule has 0 unspecified atom stereocenters. The van der Waals surface area contributed by atoms with Crippen LogP contribution in [-0.2, 0) is 4.79 Å². The molecule has 0 spiro atoms. The lowest BCUT2D eigenvalue weighted by Crippen LogP contribution is -2.23. The van der Waals surface area contributed by atoms with Crippen molar-refractivity contribution in [2.45, 2.75) is 0 Å². The fourth-order valence-electron chi connectivity index (χ4n) is 2.79. The molecule has 1 fully saturated rings. The molecule has 2 aromatic rings. The SMILES string of the molecule is CS/C(=C1/C(=O)N(c2ccccc2)N=C1c1ccc(Br)cc1)N1CC1. The number of benzene rings is 2. The third kappa shape index (κ3) is 3.12. The third-order valence-corrected chi connectivity index (χ3v) is 5.48. The van der Waals surface area contributed by atoms with Gasteiger partial charge < -0.3 is 4.90 Å². The van der Waals surface area contributed by atoms with Crippen molar-refractivity contribution in [3.63, 3.8) is 0 Å². The Morgan fingerprint density at radius 3 is 2.36 bits per heavy atom. The standard InChI is InChI=1S/C19H16BrN3OS/c1-25-19(22-11-12-22)16-17(13-7-9-14(20)10-8-13)21-23(18(16)24)15-5-3-2-4-6-15/h2-10H,11-12H2,1H3/b19-16+. The second-order valence-corrected chi connectivity index (χ2v) is 7.49. The van der Waals surface area contributed by atoms with E-state index in [1.54, 1.807) is 11.8 Å². The number of anilines is 1. The molecule has 0 aliphatic carbocycles. The van der Waals surface area contributed by atoms with Crippen LogP contribution in [0.15, 0.2) is 74.8 Å². The number of hydrazone groups is 1. The number of rotatable bonds is 4. The zero-order valence-corrected chi connectivity index (χ0v) is 16.0. The van der Waals surface area contributed by atoms with Crippen LogP contribution in [0.3, 0.4) is 0 Å². The highest BCUT2D eigenvalue weighted by Gasteiger charge is 2.37. The van der Waals surface area contributed by atoms with Gasteiger partial charge in [-0.15, -0.1) is 11.8 Å². The quantitative estimate of drug-likeness (QED) is 0.559. The number of nitrogens with zero attached hydrogens (tertiary/aromatic N) is 3. The minimum absolute atomic E-state index is 0.0691. The van der Waals surface area contributed by atoms with E-state index < -0.39 is 0 Å². The van der Waals surface area contributed by atoms with Crippen LogP contribution in [0.25, 0.3) is 0 Å². The number of amides is 1. The van der Waals surface area contributed by atoms with Gasteiger partial charge in [-0.3, -0.25) is 4.79 Å². The van der Waals surface area contributed by atoms with E-state index in [2.05, 4.69) is 25.9 Å². The summed E-state index contributed by atoms with van der Waals surface area (Å²) in [6.07, 6.45) is 2.01. The first-order chi connectivity index (χ1) is 12.2. The Morgan fingerprint density at radius 2 is 1.76 bits per heavy atom. The summed E-state index contributed by atoms with van der Waals surface area (Å²) in [6.45, 7) is 1.98. The summed E-state index contributed by atoms with van der Waals surface area (Å²) in [4.78, 5) is 15.4. The molecule has 126 valence electrons. The summed E-state index contributed by atoms with van der Waals surface area (Å²) >= 11 is 5.07. The van der Waals surface area contributed by atoms with Crippen molar-refractivity contribution in [3.05, 3.63) is 75.2 Å². The summed E-state index contributed by atoms with van der Waals surface area (Å²) in [5.74, 6) is -0.0691. The summed E-state index contributed by atoms with van der Waals surface area (Å²) in [7, 11) is 0. The second kappa shape index (κ2) is 6.69. The normalized spacial score (nSPS) is 18.5. The van der Waals surface area contributed by atoms with Gasteiger partial charge in [-0.05, 0) is 30.5 Å². The highest BCUT2D eigenvalue weighted by atomic mass is 79.9. The fraction of sp³-hybridized carbons (Fsp3) is 0.158. The van der Waals surface area contributed by atoms with Crippen molar-refractivity contribution in [1.82, 2.24) is 4.90 Å². The van der Waals surface area contributed by atoms with Crippen LogP contribution in [0.1, 0.15) is 5.56 Å². The van der Waals surface area contributed by atoms with Crippen molar-refractivity contribution in [2.75, 3.05) is 24.4 Å². The minimum atomic E-state index is -0.0691. The van der Waals surface area contributed by atoms with Gasteiger partial charge in [-0.2, -0.15) is 10.1 Å². The van der Waals surface area contributed by atoms with E-state index in [0.717, 1.165) is 39.6 Å². The Kier molecular flexibility index (Phi) is 4.39. The van der Waals surface area contributed by atoms with Gasteiger partial charge in [0.05, 0.1) is 16.3 Å². The summed E-state index contributed by atoms with van der Waals surface area (Å²) in [5.41, 5.74) is 3.15. The summed E-state index contributed by atoms with van der Waals surface area (Å²) < 4.78 is 1.00. The molecule has 0 atom stereocenters. The van der Waals surface area contributed by atoms with Crippen LogP contribution >= 0.6 is 27.7 Å². The molecule has 2 aliphatic heterocycles. The van der Waals surface area contributed by atoms with Crippen molar-refractivity contribution in [2.24, 2.45) is 5.10 Å². The van der Waals surface area contributed by atoms with Crippen molar-refractivity contribution in [1.29, 1.82) is 0 Å². The van der Waals surface area contributed by atoms with Gasteiger partial charge in [0.15, 0.2) is 0 Å². The zero-order valence-electron chi connectivity index (χ0n) is 13.6. The van der Waals surface area contributed by atoms with Gasteiger partial charge in [0.1, 0.15) is 5.71 Å². The maximum Gasteiger partial charge on any atom is 0.283 e. The Hall–Kier alpha value is -2.05. The zero-order chi connectivity index (χ0) is 17.4. The highest BCUT2D eigenvalue weighted by Crippen LogP contribution is 2.35. The molecule has 1 amide bonds. The molecular weight excluding hydrogens is 398 g/mol. The molecular formula is C19H16BrN3OS. The lowest BCUT2D eigenvalue weighted by Gasteiger charge is -2.13. The first kappa shape index (κ1) is 16.4. The number of carbonyl (C=O) groups is 1. The van der Waals surface area contributed by atoms with Gasteiger partial charge >= 0.3 is 0 Å². The third-order valence-electron chi connectivity index (χ3n) is 4.10. The molecule has 0 aromatic heterocycles. The number of carbonyl (C=O) groups excluding carboxylic acids is 1. The number of hydrogen-bond acceptors (Lipinski definition) is 4. The van der Waals surface area contributed by atoms with Crippen LogP contribution in [0.5, 0.6) is 0 Å². The van der Waals surface area contributed by atoms with E-state index in [1.165, 1.54) is 5.01 Å². The van der Waals surface area contributed by atoms with E-state index in [1.807, 2.05) is 60.9 Å². The van der Waals surface area contributed by atoms with Crippen molar-refractivity contribution >= 4 is 45.0 Å². The van der Waals surface area contributed by atoms with Gasteiger partial charge in [-0.25, -0.2) is 0 Å². The molecule has 1 saturated heterocycles. The van der Waals surface area contributed by atoms with E-state index in [-0.39, 0.29) is 5.91 Å². The number of para-hydroxylation sites is 1. The first-order valence-electron chi connectivity index (χ1n) is 7.96. The molecule has 4 nitrogen and oxygen atoms in total. The first-order valence-corrected chi connectivity index (χ1v) is 9.98. The average Bonchev–Trinajstić information content (AvgIpc) is 3.42. The Bertz CT molecular complexity index is 873. The lowest BCUT2D eigenvalue weighted by atomic mass is 10.0. The second-order valence-electron chi connectivity index (χ2n) is 5.78. The largest absolute Gasteiger partial charge is 0.362 e. The Morgan fingerprint density at radius 1 is 1.08 bits per heavy atom. The van der Waals surface area contributed by atoms with E-state index in [4.69, 9.17) is 0 Å². The van der Waals surface area contributed by atoms with Gasteiger partial charge in [-0.1, -0.05) is 46.3 Å². The Labute approximate surface area is 159 Å². The lowest BCUT2D eigenvalue weighted by molar-refractivity contribution is -0.114. The van der Waals surface area contributed by atoms with Crippen LogP contribution in [0.2, 0.25) is 0 Å². The molecule has 0 bridgehead atoms. The van der Waals surface area contributed by atoms with Crippen LogP contribution in [0, 0.1) is 0 Å². The van der Waals surface area contributed by atoms with Gasteiger partial charge in [0.2, 0.25) is 0 Å².